The van der Waals surface area contributed by atoms with E-state index in [2.05, 4.69) is 4.90 Å². The van der Waals surface area contributed by atoms with E-state index in [0.717, 1.165) is 6.42 Å². The lowest BCUT2D eigenvalue weighted by atomic mass is 9.83. The van der Waals surface area contributed by atoms with Crippen molar-refractivity contribution in [3.05, 3.63) is 0 Å². The first-order chi connectivity index (χ1) is 8.91. The summed E-state index contributed by atoms with van der Waals surface area (Å²) >= 11 is 0. The third-order valence-corrected chi connectivity index (χ3v) is 4.78. The number of piperazine rings is 1. The van der Waals surface area contributed by atoms with E-state index >= 15 is 0 Å². The van der Waals surface area contributed by atoms with Gasteiger partial charge in [0.1, 0.15) is 0 Å². The molecule has 0 radical (unpaired) electrons. The van der Waals surface area contributed by atoms with Gasteiger partial charge in [0.15, 0.2) is 0 Å². The number of aliphatic hydroxyl groups is 1. The number of rotatable bonds is 0. The summed E-state index contributed by atoms with van der Waals surface area (Å²) in [5, 5.41) is 9.89. The summed E-state index contributed by atoms with van der Waals surface area (Å²) < 4.78 is 0. The lowest BCUT2D eigenvalue weighted by molar-refractivity contribution is -0.159. The van der Waals surface area contributed by atoms with Gasteiger partial charge in [0.2, 0.25) is 11.8 Å². The van der Waals surface area contributed by atoms with E-state index in [4.69, 9.17) is 0 Å². The van der Waals surface area contributed by atoms with Gasteiger partial charge in [-0.1, -0.05) is 0 Å². The van der Waals surface area contributed by atoms with E-state index in [1.54, 1.807) is 13.8 Å². The average molecular weight is 267 g/mol. The predicted molar refractivity (Wildman–Crippen MR) is 68.4 cm³/mol. The van der Waals surface area contributed by atoms with Crippen LogP contribution in [-0.4, -0.2) is 82.0 Å². The number of nitrogens with zero attached hydrogens (tertiary/aromatic N) is 3. The zero-order valence-corrected chi connectivity index (χ0v) is 11.5. The smallest absolute Gasteiger partial charge is 0.219 e. The molecule has 0 aliphatic carbocycles. The van der Waals surface area contributed by atoms with Gasteiger partial charge in [0.25, 0.3) is 0 Å². The van der Waals surface area contributed by atoms with Crippen LogP contribution in [-0.2, 0) is 9.59 Å². The minimum absolute atomic E-state index is 0.0849. The van der Waals surface area contributed by atoms with Gasteiger partial charge in [-0.15, -0.1) is 0 Å². The Morgan fingerprint density at radius 1 is 1.05 bits per heavy atom. The quantitative estimate of drug-likeness (QED) is 0.604. The van der Waals surface area contributed by atoms with Crippen molar-refractivity contribution < 1.29 is 14.7 Å². The highest BCUT2D eigenvalue weighted by Gasteiger charge is 2.57. The molecule has 0 bridgehead atoms. The SMILES string of the molecule is CC(=O)N1C[C@@H]2C[C@@H](O)CN2C2(C1)CN(C(C)=O)C2. The Bertz CT molecular complexity index is 419. The molecule has 1 spiro atoms. The lowest BCUT2D eigenvalue weighted by Crippen LogP contribution is -2.78. The molecule has 1 N–H and O–H groups in total. The zero-order valence-electron chi connectivity index (χ0n) is 11.5. The average Bonchev–Trinajstić information content (AvgIpc) is 2.64. The van der Waals surface area contributed by atoms with E-state index in [1.807, 2.05) is 9.80 Å². The molecule has 3 aliphatic heterocycles. The maximum atomic E-state index is 11.7. The Labute approximate surface area is 112 Å². The topological polar surface area (TPSA) is 64.1 Å². The first-order valence-corrected chi connectivity index (χ1v) is 6.87. The normalized spacial score (nSPS) is 33.2. The maximum absolute atomic E-state index is 11.7. The summed E-state index contributed by atoms with van der Waals surface area (Å²) in [6.45, 7) is 6.57. The second-order valence-corrected chi connectivity index (χ2v) is 6.19. The molecule has 6 heteroatoms. The number of carbonyl (C=O) groups is 2. The third-order valence-electron chi connectivity index (χ3n) is 4.78. The Balaban J connectivity index is 1.81. The number of carbonyl (C=O) groups excluding carboxylic acids is 2. The summed E-state index contributed by atoms with van der Waals surface area (Å²) in [4.78, 5) is 29.1. The predicted octanol–water partition coefficient (Wildman–Crippen LogP) is -1.12. The van der Waals surface area contributed by atoms with Gasteiger partial charge in [-0.3, -0.25) is 14.5 Å². The molecule has 0 unspecified atom stereocenters. The zero-order chi connectivity index (χ0) is 13.8. The van der Waals surface area contributed by atoms with E-state index in [-0.39, 0.29) is 29.5 Å². The molecule has 3 rings (SSSR count). The van der Waals surface area contributed by atoms with E-state index in [1.165, 1.54) is 0 Å². The minimum Gasteiger partial charge on any atom is -0.392 e. The molecule has 106 valence electrons. The van der Waals surface area contributed by atoms with Crippen LogP contribution in [0.4, 0.5) is 0 Å². The first-order valence-electron chi connectivity index (χ1n) is 6.87. The van der Waals surface area contributed by atoms with Crippen molar-refractivity contribution in [2.45, 2.75) is 38.0 Å². The first kappa shape index (κ1) is 12.9. The van der Waals surface area contributed by atoms with Gasteiger partial charge >= 0.3 is 0 Å². The maximum Gasteiger partial charge on any atom is 0.219 e. The van der Waals surface area contributed by atoms with Crippen LogP contribution in [0.2, 0.25) is 0 Å². The van der Waals surface area contributed by atoms with Crippen molar-refractivity contribution in [3.8, 4) is 0 Å². The highest BCUT2D eigenvalue weighted by atomic mass is 16.3. The summed E-state index contributed by atoms with van der Waals surface area (Å²) in [7, 11) is 0. The fraction of sp³-hybridized carbons (Fsp3) is 0.846. The van der Waals surface area contributed by atoms with Gasteiger partial charge < -0.3 is 14.9 Å². The molecule has 2 atom stereocenters. The van der Waals surface area contributed by atoms with Crippen molar-refractivity contribution in [3.63, 3.8) is 0 Å². The number of hydrogen-bond acceptors (Lipinski definition) is 4. The summed E-state index contributed by atoms with van der Waals surface area (Å²) in [5.41, 5.74) is -0.127. The third kappa shape index (κ3) is 1.94. The van der Waals surface area contributed by atoms with Gasteiger partial charge in [0, 0.05) is 52.6 Å². The number of fused-ring (bicyclic) bond motifs is 2. The lowest BCUT2D eigenvalue weighted by Gasteiger charge is -2.60. The fourth-order valence-electron chi connectivity index (χ4n) is 3.82. The molecule has 2 amide bonds. The van der Waals surface area contributed by atoms with Gasteiger partial charge in [-0.2, -0.15) is 0 Å². The molecule has 3 aliphatic rings. The molecular weight excluding hydrogens is 246 g/mol. The Kier molecular flexibility index (Phi) is 2.83. The summed E-state index contributed by atoms with van der Waals surface area (Å²) in [6, 6.07) is 0.238. The number of β-amino-alcohol motifs (C(OH)–C–C–N with tert-alkyl or cyclic N) is 1. The highest BCUT2D eigenvalue weighted by molar-refractivity contribution is 5.76. The molecular formula is C13H21N3O3. The molecule has 0 aromatic heterocycles. The number of likely N-dealkylation sites (tertiary alicyclic amines) is 1. The van der Waals surface area contributed by atoms with Crippen LogP contribution >= 0.6 is 0 Å². The van der Waals surface area contributed by atoms with Crippen molar-refractivity contribution in [2.75, 3.05) is 32.7 Å². The monoisotopic (exact) mass is 267 g/mol. The van der Waals surface area contributed by atoms with Crippen molar-refractivity contribution >= 4 is 11.8 Å². The largest absolute Gasteiger partial charge is 0.392 e. The summed E-state index contributed by atoms with van der Waals surface area (Å²) in [6.07, 6.45) is 0.422. The van der Waals surface area contributed by atoms with Gasteiger partial charge in [-0.05, 0) is 6.42 Å². The molecule has 3 heterocycles. The van der Waals surface area contributed by atoms with Crippen LogP contribution < -0.4 is 0 Å². The standard InChI is InChI=1S/C13H21N3O3/c1-9(17)14-4-11-3-12(19)5-16(11)13(6-14)7-15(8-13)10(2)18/h11-12,19H,3-8H2,1-2H3/t11-,12+/m0/s1. The second kappa shape index (κ2) is 4.18. The molecule has 0 saturated carbocycles. The minimum atomic E-state index is -0.305. The van der Waals surface area contributed by atoms with Crippen LogP contribution in [0.1, 0.15) is 20.3 Å². The van der Waals surface area contributed by atoms with E-state index in [0.29, 0.717) is 32.7 Å². The molecule has 19 heavy (non-hydrogen) atoms. The molecule has 3 fully saturated rings. The highest BCUT2D eigenvalue weighted by Crippen LogP contribution is 2.38. The van der Waals surface area contributed by atoms with Gasteiger partial charge in [0.05, 0.1) is 11.6 Å². The number of amides is 2. The number of hydrogen-bond donors (Lipinski definition) is 1. The fourth-order valence-corrected chi connectivity index (χ4v) is 3.82. The van der Waals surface area contributed by atoms with Gasteiger partial charge in [-0.25, -0.2) is 0 Å². The Morgan fingerprint density at radius 2 is 1.63 bits per heavy atom. The van der Waals surface area contributed by atoms with Crippen LogP contribution in [0.3, 0.4) is 0 Å². The van der Waals surface area contributed by atoms with E-state index < -0.39 is 0 Å². The van der Waals surface area contributed by atoms with E-state index in [9.17, 15) is 14.7 Å². The Morgan fingerprint density at radius 3 is 2.21 bits per heavy atom. The second-order valence-electron chi connectivity index (χ2n) is 6.19. The Hall–Kier alpha value is -1.14. The molecule has 6 nitrogen and oxygen atoms in total. The van der Waals surface area contributed by atoms with Crippen molar-refractivity contribution in [1.29, 1.82) is 0 Å². The molecule has 0 aromatic carbocycles. The molecule has 3 saturated heterocycles. The molecule has 0 aromatic rings. The van der Waals surface area contributed by atoms with Crippen LogP contribution in [0.15, 0.2) is 0 Å². The van der Waals surface area contributed by atoms with Crippen molar-refractivity contribution in [2.24, 2.45) is 0 Å². The summed E-state index contributed by atoms with van der Waals surface area (Å²) in [5.74, 6) is 0.170. The van der Waals surface area contributed by atoms with Crippen LogP contribution in [0.5, 0.6) is 0 Å². The van der Waals surface area contributed by atoms with Crippen molar-refractivity contribution in [1.82, 2.24) is 14.7 Å². The van der Waals surface area contributed by atoms with Crippen LogP contribution in [0, 0.1) is 0 Å². The number of aliphatic hydroxyl groups excluding tert-OH is 1. The van der Waals surface area contributed by atoms with Crippen LogP contribution in [0.25, 0.3) is 0 Å².